The van der Waals surface area contributed by atoms with Crippen molar-refractivity contribution in [1.82, 2.24) is 14.9 Å². The SMILES string of the molecule is CC(Cn1ccnc1)NC(=O)[C@H](N)C(C)C.Cl.Cl. The molecule has 1 aromatic heterocycles. The fraction of sp³-hybridized carbons (Fsp3) is 0.636. The van der Waals surface area contributed by atoms with Gasteiger partial charge in [0.05, 0.1) is 12.4 Å². The fourth-order valence-electron chi connectivity index (χ4n) is 1.40. The minimum atomic E-state index is -0.440. The summed E-state index contributed by atoms with van der Waals surface area (Å²) in [5, 5.41) is 2.89. The molecule has 0 aliphatic carbocycles. The third-order valence-corrected chi connectivity index (χ3v) is 2.45. The Morgan fingerprint density at radius 2 is 2.00 bits per heavy atom. The highest BCUT2D eigenvalue weighted by Gasteiger charge is 2.18. The zero-order valence-corrected chi connectivity index (χ0v) is 12.5. The van der Waals surface area contributed by atoms with Crippen LogP contribution in [-0.4, -0.2) is 27.5 Å². The van der Waals surface area contributed by atoms with E-state index in [9.17, 15) is 4.79 Å². The van der Waals surface area contributed by atoms with E-state index in [1.807, 2.05) is 31.5 Å². The minimum absolute atomic E-state index is 0. The monoisotopic (exact) mass is 296 g/mol. The maximum Gasteiger partial charge on any atom is 0.237 e. The smallest absolute Gasteiger partial charge is 0.237 e. The second-order valence-electron chi connectivity index (χ2n) is 4.44. The maximum atomic E-state index is 11.7. The van der Waals surface area contributed by atoms with Crippen molar-refractivity contribution in [2.75, 3.05) is 0 Å². The van der Waals surface area contributed by atoms with Gasteiger partial charge in [-0.25, -0.2) is 4.98 Å². The van der Waals surface area contributed by atoms with Gasteiger partial charge in [-0.3, -0.25) is 4.79 Å². The standard InChI is InChI=1S/C11H20N4O.2ClH/c1-8(2)10(12)11(16)14-9(3)6-15-5-4-13-7-15;;/h4-5,7-10H,6,12H2,1-3H3,(H,14,16);2*1H/t9?,10-;;/m1../s1. The third-order valence-electron chi connectivity index (χ3n) is 2.45. The first-order valence-corrected chi connectivity index (χ1v) is 5.52. The van der Waals surface area contributed by atoms with E-state index in [0.717, 1.165) is 0 Å². The predicted molar refractivity (Wildman–Crippen MR) is 77.1 cm³/mol. The lowest BCUT2D eigenvalue weighted by Gasteiger charge is -2.19. The highest BCUT2D eigenvalue weighted by atomic mass is 35.5. The molecule has 7 heteroatoms. The molecule has 0 bridgehead atoms. The van der Waals surface area contributed by atoms with E-state index in [1.54, 1.807) is 12.5 Å². The van der Waals surface area contributed by atoms with Gasteiger partial charge in [-0.15, -0.1) is 24.8 Å². The summed E-state index contributed by atoms with van der Waals surface area (Å²) in [4.78, 5) is 15.6. The molecule has 1 unspecified atom stereocenters. The highest BCUT2D eigenvalue weighted by Crippen LogP contribution is 1.99. The first kappa shape index (κ1) is 19.6. The number of carbonyl (C=O) groups excluding carboxylic acids is 1. The molecular weight excluding hydrogens is 275 g/mol. The van der Waals surface area contributed by atoms with Crippen LogP contribution in [0.3, 0.4) is 0 Å². The molecule has 2 atom stereocenters. The molecule has 0 aromatic carbocycles. The van der Waals surface area contributed by atoms with Gasteiger partial charge in [0.25, 0.3) is 0 Å². The second kappa shape index (κ2) is 9.19. The maximum absolute atomic E-state index is 11.7. The lowest BCUT2D eigenvalue weighted by molar-refractivity contribution is -0.123. The number of halogens is 2. The first-order chi connectivity index (χ1) is 7.50. The molecule has 106 valence electrons. The Morgan fingerprint density at radius 3 is 2.44 bits per heavy atom. The van der Waals surface area contributed by atoms with E-state index in [1.165, 1.54) is 0 Å². The minimum Gasteiger partial charge on any atom is -0.350 e. The van der Waals surface area contributed by atoms with Crippen LogP contribution in [0.2, 0.25) is 0 Å². The van der Waals surface area contributed by atoms with Gasteiger partial charge >= 0.3 is 0 Å². The number of nitrogens with one attached hydrogen (secondary N) is 1. The van der Waals surface area contributed by atoms with E-state index in [2.05, 4.69) is 10.3 Å². The number of aromatic nitrogens is 2. The van der Waals surface area contributed by atoms with Gasteiger partial charge in [-0.05, 0) is 12.8 Å². The summed E-state index contributed by atoms with van der Waals surface area (Å²) in [5.41, 5.74) is 5.75. The quantitative estimate of drug-likeness (QED) is 0.858. The molecule has 1 heterocycles. The summed E-state index contributed by atoms with van der Waals surface area (Å²) >= 11 is 0. The number of carbonyl (C=O) groups is 1. The van der Waals surface area contributed by atoms with Crippen molar-refractivity contribution in [1.29, 1.82) is 0 Å². The number of imidazole rings is 1. The van der Waals surface area contributed by atoms with Crippen molar-refractivity contribution < 1.29 is 4.79 Å². The molecule has 1 rings (SSSR count). The second-order valence-corrected chi connectivity index (χ2v) is 4.44. The summed E-state index contributed by atoms with van der Waals surface area (Å²) in [6.45, 7) is 6.52. The zero-order valence-electron chi connectivity index (χ0n) is 10.9. The van der Waals surface area contributed by atoms with Crippen LogP contribution < -0.4 is 11.1 Å². The highest BCUT2D eigenvalue weighted by molar-refractivity contribution is 5.85. The summed E-state index contributed by atoms with van der Waals surface area (Å²) < 4.78 is 1.92. The number of rotatable bonds is 5. The largest absolute Gasteiger partial charge is 0.350 e. The summed E-state index contributed by atoms with van der Waals surface area (Å²) in [6.07, 6.45) is 5.31. The molecule has 0 radical (unpaired) electrons. The number of amides is 1. The van der Waals surface area contributed by atoms with Crippen molar-refractivity contribution >= 4 is 30.7 Å². The molecule has 0 saturated heterocycles. The Hall–Kier alpha value is -0.780. The average molecular weight is 297 g/mol. The Kier molecular flexibility index (Phi) is 9.99. The van der Waals surface area contributed by atoms with Gasteiger partial charge < -0.3 is 15.6 Å². The van der Waals surface area contributed by atoms with Crippen molar-refractivity contribution in [3.8, 4) is 0 Å². The molecule has 3 N–H and O–H groups in total. The average Bonchev–Trinajstić information content (AvgIpc) is 2.68. The Labute approximate surface area is 120 Å². The van der Waals surface area contributed by atoms with Crippen LogP contribution in [0.5, 0.6) is 0 Å². The zero-order chi connectivity index (χ0) is 12.1. The van der Waals surface area contributed by atoms with Crippen LogP contribution in [0.4, 0.5) is 0 Å². The van der Waals surface area contributed by atoms with Crippen LogP contribution in [0.25, 0.3) is 0 Å². The molecule has 1 aromatic rings. The Balaban J connectivity index is 0. The number of hydrogen-bond donors (Lipinski definition) is 2. The van der Waals surface area contributed by atoms with Gasteiger partial charge in [-0.1, -0.05) is 13.8 Å². The van der Waals surface area contributed by atoms with Crippen molar-refractivity contribution in [3.05, 3.63) is 18.7 Å². The molecule has 0 spiro atoms. The Morgan fingerprint density at radius 1 is 1.39 bits per heavy atom. The van der Waals surface area contributed by atoms with Crippen LogP contribution in [-0.2, 0) is 11.3 Å². The molecular formula is C11H22Cl2N4O. The Bertz CT molecular complexity index is 330. The number of nitrogens with two attached hydrogens (primary N) is 1. The first-order valence-electron chi connectivity index (χ1n) is 5.52. The number of hydrogen-bond acceptors (Lipinski definition) is 3. The van der Waals surface area contributed by atoms with Crippen LogP contribution in [0, 0.1) is 5.92 Å². The van der Waals surface area contributed by atoms with Gasteiger partial charge in [0.15, 0.2) is 0 Å². The molecule has 0 saturated carbocycles. The van der Waals surface area contributed by atoms with E-state index in [4.69, 9.17) is 5.73 Å². The van der Waals surface area contributed by atoms with Gasteiger partial charge in [0.2, 0.25) is 5.91 Å². The normalized spacial score (nSPS) is 13.2. The topological polar surface area (TPSA) is 72.9 Å². The van der Waals surface area contributed by atoms with Gasteiger partial charge in [0.1, 0.15) is 0 Å². The lowest BCUT2D eigenvalue weighted by Crippen LogP contribution is -2.47. The predicted octanol–water partition coefficient (Wildman–Crippen LogP) is 1.21. The van der Waals surface area contributed by atoms with Crippen molar-refractivity contribution in [2.45, 2.75) is 39.4 Å². The van der Waals surface area contributed by atoms with Crippen LogP contribution in [0.1, 0.15) is 20.8 Å². The molecule has 0 fully saturated rings. The fourth-order valence-corrected chi connectivity index (χ4v) is 1.40. The van der Waals surface area contributed by atoms with E-state index in [0.29, 0.717) is 6.54 Å². The van der Waals surface area contributed by atoms with E-state index in [-0.39, 0.29) is 42.7 Å². The van der Waals surface area contributed by atoms with Crippen LogP contribution in [0.15, 0.2) is 18.7 Å². The van der Waals surface area contributed by atoms with E-state index >= 15 is 0 Å². The number of nitrogens with zero attached hydrogens (tertiary/aromatic N) is 2. The van der Waals surface area contributed by atoms with Crippen LogP contribution >= 0.6 is 24.8 Å². The third kappa shape index (κ3) is 6.23. The molecule has 5 nitrogen and oxygen atoms in total. The van der Waals surface area contributed by atoms with Gasteiger partial charge in [-0.2, -0.15) is 0 Å². The van der Waals surface area contributed by atoms with Crippen molar-refractivity contribution in [3.63, 3.8) is 0 Å². The molecule has 18 heavy (non-hydrogen) atoms. The van der Waals surface area contributed by atoms with Gasteiger partial charge in [0, 0.05) is 25.0 Å². The molecule has 0 aliphatic heterocycles. The molecule has 0 aliphatic rings. The summed E-state index contributed by atoms with van der Waals surface area (Å²) in [6, 6.07) is -0.392. The lowest BCUT2D eigenvalue weighted by atomic mass is 10.0. The summed E-state index contributed by atoms with van der Waals surface area (Å²) in [5.74, 6) is 0.0584. The summed E-state index contributed by atoms with van der Waals surface area (Å²) in [7, 11) is 0. The van der Waals surface area contributed by atoms with Crippen molar-refractivity contribution in [2.24, 2.45) is 11.7 Å². The molecule has 1 amide bonds. The van der Waals surface area contributed by atoms with E-state index < -0.39 is 6.04 Å².